The number of sulfonamides is 1. The SMILES string of the molecule is NS(=O)(=O)c1cc([N+](=O)[O-])nc(C(F)F)c1F. The van der Waals surface area contributed by atoms with E-state index in [0.29, 0.717) is 0 Å². The standard InChI is InChI=1S/C6H4F3N3O4S/c7-4-2(17(10,15)16)1-3(12(13)14)11-5(4)6(8)9/h1,6H,(H2,10,15,16). The first kappa shape index (κ1) is 13.3. The van der Waals surface area contributed by atoms with Gasteiger partial charge in [0.15, 0.2) is 5.82 Å². The molecule has 1 aromatic rings. The van der Waals surface area contributed by atoms with Gasteiger partial charge in [-0.2, -0.15) is 0 Å². The summed E-state index contributed by atoms with van der Waals surface area (Å²) < 4.78 is 59.5. The minimum Gasteiger partial charge on any atom is -0.358 e. The predicted octanol–water partition coefficient (Wildman–Crippen LogP) is 0.714. The van der Waals surface area contributed by atoms with Crippen LogP contribution in [0.2, 0.25) is 0 Å². The molecule has 11 heteroatoms. The quantitative estimate of drug-likeness (QED) is 0.642. The van der Waals surface area contributed by atoms with E-state index >= 15 is 0 Å². The lowest BCUT2D eigenvalue weighted by Gasteiger charge is -2.03. The second-order valence-electron chi connectivity index (χ2n) is 2.78. The molecule has 1 heterocycles. The Labute approximate surface area is 92.3 Å². The lowest BCUT2D eigenvalue weighted by Crippen LogP contribution is -2.16. The van der Waals surface area contributed by atoms with Gasteiger partial charge >= 0.3 is 12.2 Å². The summed E-state index contributed by atoms with van der Waals surface area (Å²) in [6.45, 7) is 0. The molecule has 94 valence electrons. The van der Waals surface area contributed by atoms with E-state index in [0.717, 1.165) is 0 Å². The van der Waals surface area contributed by atoms with Gasteiger partial charge in [0.05, 0.1) is 6.07 Å². The van der Waals surface area contributed by atoms with Crippen LogP contribution in [0, 0.1) is 15.9 Å². The molecule has 0 aliphatic carbocycles. The smallest absolute Gasteiger partial charge is 0.358 e. The Morgan fingerprint density at radius 3 is 2.35 bits per heavy atom. The van der Waals surface area contributed by atoms with Crippen molar-refractivity contribution in [2.45, 2.75) is 11.3 Å². The number of alkyl halides is 2. The third-order valence-electron chi connectivity index (χ3n) is 1.64. The number of hydrogen-bond acceptors (Lipinski definition) is 5. The summed E-state index contributed by atoms with van der Waals surface area (Å²) in [5, 5.41) is 14.8. The highest BCUT2D eigenvalue weighted by Crippen LogP contribution is 2.27. The van der Waals surface area contributed by atoms with E-state index in [9.17, 15) is 31.7 Å². The first-order valence-electron chi connectivity index (χ1n) is 3.80. The first-order chi connectivity index (χ1) is 7.64. The van der Waals surface area contributed by atoms with Crippen molar-refractivity contribution >= 4 is 15.8 Å². The van der Waals surface area contributed by atoms with Gasteiger partial charge in [0, 0.05) is 0 Å². The van der Waals surface area contributed by atoms with Gasteiger partial charge in [-0.25, -0.2) is 26.7 Å². The molecule has 0 amide bonds. The van der Waals surface area contributed by atoms with Gasteiger partial charge in [0.1, 0.15) is 4.90 Å². The molecule has 0 spiro atoms. The normalized spacial score (nSPS) is 11.8. The van der Waals surface area contributed by atoms with E-state index in [-0.39, 0.29) is 6.07 Å². The molecular formula is C6H4F3N3O4S. The number of primary sulfonamides is 1. The Balaban J connectivity index is 3.67. The lowest BCUT2D eigenvalue weighted by atomic mass is 10.3. The number of nitrogens with zero attached hydrogens (tertiary/aromatic N) is 2. The number of hydrogen-bond donors (Lipinski definition) is 1. The van der Waals surface area contributed by atoms with Crippen LogP contribution in [0.5, 0.6) is 0 Å². The largest absolute Gasteiger partial charge is 0.365 e. The number of halogens is 3. The van der Waals surface area contributed by atoms with Gasteiger partial charge in [0.2, 0.25) is 10.0 Å². The predicted molar refractivity (Wildman–Crippen MR) is 47.2 cm³/mol. The number of nitrogens with two attached hydrogens (primary N) is 1. The van der Waals surface area contributed by atoms with Crippen LogP contribution in [0.4, 0.5) is 19.0 Å². The molecule has 0 aromatic carbocycles. The monoisotopic (exact) mass is 271 g/mol. The van der Waals surface area contributed by atoms with Gasteiger partial charge < -0.3 is 10.1 Å². The third-order valence-corrected chi connectivity index (χ3v) is 2.55. The summed E-state index contributed by atoms with van der Waals surface area (Å²) in [7, 11) is -4.70. The van der Waals surface area contributed by atoms with Crippen molar-refractivity contribution in [1.29, 1.82) is 0 Å². The van der Waals surface area contributed by atoms with Crippen LogP contribution in [0.25, 0.3) is 0 Å². The zero-order chi connectivity index (χ0) is 13.4. The Kier molecular flexibility index (Phi) is 3.33. The molecule has 0 fully saturated rings. The summed E-state index contributed by atoms with van der Waals surface area (Å²) in [5.41, 5.74) is -1.64. The summed E-state index contributed by atoms with van der Waals surface area (Å²) in [6.07, 6.45) is -3.50. The average molecular weight is 271 g/mol. The van der Waals surface area contributed by atoms with E-state index in [1.165, 1.54) is 0 Å². The van der Waals surface area contributed by atoms with Gasteiger partial charge in [-0.3, -0.25) is 0 Å². The molecule has 0 saturated heterocycles. The fourth-order valence-corrected chi connectivity index (χ4v) is 1.58. The summed E-state index contributed by atoms with van der Waals surface area (Å²) in [4.78, 5) is 10.4. The van der Waals surface area contributed by atoms with Crippen LogP contribution in [0.1, 0.15) is 12.1 Å². The zero-order valence-electron chi connectivity index (χ0n) is 7.80. The fourth-order valence-electron chi connectivity index (χ4n) is 0.957. The molecule has 0 aliphatic rings. The molecule has 1 rings (SSSR count). The number of pyridine rings is 1. The number of rotatable bonds is 3. The van der Waals surface area contributed by atoms with Crippen LogP contribution in [-0.2, 0) is 10.0 Å². The minimum atomic E-state index is -4.70. The Morgan fingerprint density at radius 1 is 1.47 bits per heavy atom. The highest BCUT2D eigenvalue weighted by Gasteiger charge is 2.31. The maximum absolute atomic E-state index is 13.2. The molecule has 2 N–H and O–H groups in total. The number of aromatic nitrogens is 1. The van der Waals surface area contributed by atoms with E-state index in [1.54, 1.807) is 0 Å². The van der Waals surface area contributed by atoms with Crippen molar-refractivity contribution in [1.82, 2.24) is 4.98 Å². The summed E-state index contributed by atoms with van der Waals surface area (Å²) >= 11 is 0. The molecule has 0 radical (unpaired) electrons. The van der Waals surface area contributed by atoms with Gasteiger partial charge in [0.25, 0.3) is 5.69 Å². The maximum atomic E-state index is 13.2. The van der Waals surface area contributed by atoms with Crippen molar-refractivity contribution < 1.29 is 26.5 Å². The van der Waals surface area contributed by atoms with Crippen molar-refractivity contribution in [2.75, 3.05) is 0 Å². The molecule has 7 nitrogen and oxygen atoms in total. The lowest BCUT2D eigenvalue weighted by molar-refractivity contribution is -0.390. The van der Waals surface area contributed by atoms with E-state index in [4.69, 9.17) is 0 Å². The topological polar surface area (TPSA) is 116 Å². The molecular weight excluding hydrogens is 267 g/mol. The molecule has 1 aromatic heterocycles. The average Bonchev–Trinajstić information content (AvgIpc) is 2.15. The van der Waals surface area contributed by atoms with Crippen LogP contribution < -0.4 is 5.14 Å². The second-order valence-corrected chi connectivity index (χ2v) is 4.31. The molecule has 17 heavy (non-hydrogen) atoms. The van der Waals surface area contributed by atoms with Crippen molar-refractivity contribution in [2.24, 2.45) is 5.14 Å². The highest BCUT2D eigenvalue weighted by molar-refractivity contribution is 7.89. The molecule has 0 aliphatic heterocycles. The Bertz CT molecular complexity index is 574. The number of nitro groups is 1. The summed E-state index contributed by atoms with van der Waals surface area (Å²) in [6, 6.07) is 0.177. The summed E-state index contributed by atoms with van der Waals surface area (Å²) in [5.74, 6) is -3.13. The molecule has 0 saturated carbocycles. The van der Waals surface area contributed by atoms with E-state index < -0.39 is 43.6 Å². The van der Waals surface area contributed by atoms with Gasteiger partial charge in [-0.05, 0) is 9.91 Å². The first-order valence-corrected chi connectivity index (χ1v) is 5.35. The van der Waals surface area contributed by atoms with Crippen LogP contribution in [-0.4, -0.2) is 18.3 Å². The van der Waals surface area contributed by atoms with Gasteiger partial charge in [-0.1, -0.05) is 0 Å². The maximum Gasteiger partial charge on any atom is 0.365 e. The zero-order valence-corrected chi connectivity index (χ0v) is 8.62. The Hall–Kier alpha value is -1.75. The van der Waals surface area contributed by atoms with Crippen molar-refractivity contribution in [3.63, 3.8) is 0 Å². The molecule has 0 bridgehead atoms. The van der Waals surface area contributed by atoms with Crippen molar-refractivity contribution in [3.05, 3.63) is 27.7 Å². The van der Waals surface area contributed by atoms with Crippen molar-refractivity contribution in [3.8, 4) is 0 Å². The van der Waals surface area contributed by atoms with E-state index in [2.05, 4.69) is 10.1 Å². The van der Waals surface area contributed by atoms with E-state index in [1.807, 2.05) is 0 Å². The van der Waals surface area contributed by atoms with Crippen LogP contribution in [0.3, 0.4) is 0 Å². The Morgan fingerprint density at radius 2 is 2.00 bits per heavy atom. The molecule has 0 unspecified atom stereocenters. The fraction of sp³-hybridized carbons (Fsp3) is 0.167. The molecule has 0 atom stereocenters. The van der Waals surface area contributed by atoms with Crippen LogP contribution in [0.15, 0.2) is 11.0 Å². The third kappa shape index (κ3) is 2.68. The second kappa shape index (κ2) is 4.25. The minimum absolute atomic E-state index is 0.177. The highest BCUT2D eigenvalue weighted by atomic mass is 32.2. The van der Waals surface area contributed by atoms with Gasteiger partial charge in [-0.15, -0.1) is 0 Å². The van der Waals surface area contributed by atoms with Crippen LogP contribution >= 0.6 is 0 Å².